The number of aromatic nitrogens is 3. The van der Waals surface area contributed by atoms with Gasteiger partial charge >= 0.3 is 0 Å². The molecule has 2 aromatic heterocycles. The van der Waals surface area contributed by atoms with E-state index >= 15 is 0 Å². The largest absolute Gasteiger partial charge is 0.491 e. The summed E-state index contributed by atoms with van der Waals surface area (Å²) in [7, 11) is -1.54. The zero-order valence-corrected chi connectivity index (χ0v) is 24.2. The predicted molar refractivity (Wildman–Crippen MR) is 150 cm³/mol. The van der Waals surface area contributed by atoms with Gasteiger partial charge in [0.2, 0.25) is 10.0 Å². The molecule has 0 bridgehead atoms. The Kier molecular flexibility index (Phi) is 8.90. The molecule has 4 rings (SSSR count). The van der Waals surface area contributed by atoms with Crippen LogP contribution < -0.4 is 15.0 Å². The van der Waals surface area contributed by atoms with Crippen molar-refractivity contribution < 1.29 is 22.8 Å². The molecule has 1 unspecified atom stereocenters. The van der Waals surface area contributed by atoms with Crippen LogP contribution >= 0.6 is 0 Å². The molecular weight excluding hydrogens is 520 g/mol. The summed E-state index contributed by atoms with van der Waals surface area (Å²) < 4.78 is 37.6. The highest BCUT2D eigenvalue weighted by atomic mass is 32.2. The normalized spacial score (nSPS) is 17.4. The third kappa shape index (κ3) is 6.40. The molecule has 0 saturated carbocycles. The van der Waals surface area contributed by atoms with E-state index in [-0.39, 0.29) is 12.6 Å². The molecule has 0 radical (unpaired) electrons. The zero-order chi connectivity index (χ0) is 28.3. The number of piperazine rings is 1. The van der Waals surface area contributed by atoms with Crippen molar-refractivity contribution in [3.05, 3.63) is 41.3 Å². The van der Waals surface area contributed by atoms with Crippen LogP contribution in [0.25, 0.3) is 22.6 Å². The highest BCUT2D eigenvalue weighted by Gasteiger charge is 2.33. The van der Waals surface area contributed by atoms with Gasteiger partial charge in [0.1, 0.15) is 30.0 Å². The number of ether oxygens (including phenoxy) is 1. The van der Waals surface area contributed by atoms with Crippen molar-refractivity contribution in [2.45, 2.75) is 46.3 Å². The predicted octanol–water partition coefficient (Wildman–Crippen LogP) is 2.54. The number of hydrogen-bond donors (Lipinski definition) is 2. The molecule has 39 heavy (non-hydrogen) atoms. The summed E-state index contributed by atoms with van der Waals surface area (Å²) in [6.07, 6.45) is 1.32. The van der Waals surface area contributed by atoms with Crippen LogP contribution in [0, 0.1) is 20.8 Å². The summed E-state index contributed by atoms with van der Waals surface area (Å²) in [5.41, 5.74) is 3.91. The molecule has 3 aromatic rings. The molecule has 0 spiro atoms. The minimum absolute atomic E-state index is 0.150. The molecule has 11 nitrogen and oxygen atoms in total. The molecular formula is C27H38N6O5S. The minimum atomic E-state index is -3.31. The number of nitrogens with one attached hydrogen (secondary N) is 1. The van der Waals surface area contributed by atoms with E-state index < -0.39 is 16.1 Å². The van der Waals surface area contributed by atoms with Crippen molar-refractivity contribution in [3.63, 3.8) is 0 Å². The topological polar surface area (TPSA) is 134 Å². The number of aliphatic hydroxyl groups is 1. The van der Waals surface area contributed by atoms with Crippen molar-refractivity contribution in [2.75, 3.05) is 51.0 Å². The van der Waals surface area contributed by atoms with Crippen molar-refractivity contribution in [1.29, 1.82) is 0 Å². The number of aliphatic hydroxyl groups excluding tert-OH is 1. The second-order valence-electron chi connectivity index (χ2n) is 9.98. The van der Waals surface area contributed by atoms with Gasteiger partial charge in [-0.15, -0.1) is 0 Å². The van der Waals surface area contributed by atoms with E-state index in [1.807, 2.05) is 52.0 Å². The number of benzene rings is 1. The molecule has 12 heteroatoms. The first-order valence-electron chi connectivity index (χ1n) is 13.1. The van der Waals surface area contributed by atoms with Gasteiger partial charge in [-0.3, -0.25) is 0 Å². The van der Waals surface area contributed by atoms with Crippen LogP contribution in [-0.4, -0.2) is 91.2 Å². The minimum Gasteiger partial charge on any atom is -0.491 e. The lowest BCUT2D eigenvalue weighted by molar-refractivity contribution is 0.108. The zero-order valence-electron chi connectivity index (χ0n) is 23.4. The highest BCUT2D eigenvalue weighted by molar-refractivity contribution is 7.88. The van der Waals surface area contributed by atoms with Crippen LogP contribution in [0.5, 0.6) is 5.75 Å². The van der Waals surface area contributed by atoms with Gasteiger partial charge in [0.25, 0.3) is 0 Å². The van der Waals surface area contributed by atoms with Gasteiger partial charge in [0.05, 0.1) is 23.2 Å². The molecule has 0 aliphatic carbocycles. The van der Waals surface area contributed by atoms with Gasteiger partial charge in [0.15, 0.2) is 5.82 Å². The van der Waals surface area contributed by atoms with E-state index in [2.05, 4.69) is 15.4 Å². The van der Waals surface area contributed by atoms with Crippen LogP contribution in [0.15, 0.2) is 28.8 Å². The van der Waals surface area contributed by atoms with Gasteiger partial charge in [-0.25, -0.2) is 18.4 Å². The first-order valence-corrected chi connectivity index (χ1v) is 15.0. The third-order valence-electron chi connectivity index (χ3n) is 6.99. The van der Waals surface area contributed by atoms with Crippen molar-refractivity contribution in [1.82, 2.24) is 24.7 Å². The van der Waals surface area contributed by atoms with E-state index in [9.17, 15) is 13.5 Å². The lowest BCUT2D eigenvalue weighted by Gasteiger charge is -2.40. The monoisotopic (exact) mass is 558 g/mol. The molecule has 2 atom stereocenters. The summed E-state index contributed by atoms with van der Waals surface area (Å²) in [6, 6.07) is 7.31. The maximum absolute atomic E-state index is 12.4. The Morgan fingerprint density at radius 3 is 2.64 bits per heavy atom. The summed E-state index contributed by atoms with van der Waals surface area (Å²) in [4.78, 5) is 12.1. The van der Waals surface area contributed by atoms with Crippen molar-refractivity contribution in [3.8, 4) is 28.4 Å². The number of aryl methyl sites for hydroxylation is 2. The third-order valence-corrected chi connectivity index (χ3v) is 8.32. The summed E-state index contributed by atoms with van der Waals surface area (Å²) >= 11 is 0. The molecule has 1 aromatic carbocycles. The maximum Gasteiger partial charge on any atom is 0.211 e. The fraction of sp³-hybridized carbons (Fsp3) is 0.519. The van der Waals surface area contributed by atoms with Crippen LogP contribution in [-0.2, 0) is 10.0 Å². The van der Waals surface area contributed by atoms with Crippen LogP contribution in [0.3, 0.4) is 0 Å². The Bertz CT molecular complexity index is 1390. The number of likely N-dealkylation sites (N-methyl/N-ethyl adjacent to an activating group) is 1. The molecule has 3 heterocycles. The van der Waals surface area contributed by atoms with Gasteiger partial charge in [-0.1, -0.05) is 24.2 Å². The van der Waals surface area contributed by atoms with Crippen molar-refractivity contribution in [2.24, 2.45) is 0 Å². The summed E-state index contributed by atoms with van der Waals surface area (Å²) in [5, 5.41) is 17.1. The first kappa shape index (κ1) is 28.9. The maximum atomic E-state index is 12.4. The number of sulfonamides is 1. The molecule has 2 N–H and O–H groups in total. The van der Waals surface area contributed by atoms with Crippen LogP contribution in [0.1, 0.15) is 30.4 Å². The Balaban J connectivity index is 1.77. The van der Waals surface area contributed by atoms with E-state index in [1.54, 1.807) is 11.4 Å². The standard InChI is InChI=1S/C27H38N6O5S/c1-7-21-15-32(11-12-33(21)39(6,35)36)27-17(2)25(24-18(3)31-38-19(24)4)29-26(30-27)20-9-8-10-23(13-20)37-16-22(34)14-28-5/h8-10,13,21-22,28,34H,7,11-12,14-16H2,1-6H3/t21-,22?/m0/s1. The number of rotatable bonds is 10. The van der Waals surface area contributed by atoms with Gasteiger partial charge in [-0.05, 0) is 46.4 Å². The Labute approximate surface area is 230 Å². The quantitative estimate of drug-likeness (QED) is 0.382. The number of hydrogen-bond acceptors (Lipinski definition) is 10. The Hall–Kier alpha value is -3.06. The SMILES string of the molecule is CC[C@H]1CN(c2nc(-c3cccc(OCC(O)CNC)c3)nc(-c3c(C)noc3C)c2C)CCN1S(C)(=O)=O. The van der Waals surface area contributed by atoms with Gasteiger partial charge in [-0.2, -0.15) is 4.31 Å². The van der Waals surface area contributed by atoms with Gasteiger partial charge < -0.3 is 24.6 Å². The Morgan fingerprint density at radius 1 is 1.23 bits per heavy atom. The van der Waals surface area contributed by atoms with E-state index in [0.717, 1.165) is 33.9 Å². The molecule has 212 valence electrons. The number of anilines is 1. The fourth-order valence-electron chi connectivity index (χ4n) is 5.02. The fourth-order valence-corrected chi connectivity index (χ4v) is 6.19. The molecule has 1 saturated heterocycles. The Morgan fingerprint density at radius 2 is 2.00 bits per heavy atom. The van der Waals surface area contributed by atoms with Crippen molar-refractivity contribution >= 4 is 15.8 Å². The van der Waals surface area contributed by atoms with E-state index in [4.69, 9.17) is 19.2 Å². The highest BCUT2D eigenvalue weighted by Crippen LogP contribution is 2.36. The van der Waals surface area contributed by atoms with E-state index in [0.29, 0.717) is 49.9 Å². The smallest absolute Gasteiger partial charge is 0.211 e. The second-order valence-corrected chi connectivity index (χ2v) is 11.9. The average Bonchev–Trinajstić information content (AvgIpc) is 3.24. The average molecular weight is 559 g/mol. The summed E-state index contributed by atoms with van der Waals surface area (Å²) in [5.74, 6) is 2.51. The molecule has 0 amide bonds. The lowest BCUT2D eigenvalue weighted by Crippen LogP contribution is -2.55. The summed E-state index contributed by atoms with van der Waals surface area (Å²) in [6.45, 7) is 9.71. The van der Waals surface area contributed by atoms with E-state index in [1.165, 1.54) is 6.26 Å². The molecule has 1 fully saturated rings. The lowest BCUT2D eigenvalue weighted by atomic mass is 10.0. The molecule has 1 aliphatic rings. The first-order chi connectivity index (χ1) is 18.5. The van der Waals surface area contributed by atoms with Crippen LogP contribution in [0.2, 0.25) is 0 Å². The van der Waals surface area contributed by atoms with Gasteiger partial charge in [0, 0.05) is 43.3 Å². The molecule has 1 aliphatic heterocycles. The van der Waals surface area contributed by atoms with Crippen LogP contribution in [0.4, 0.5) is 5.82 Å². The number of nitrogens with zero attached hydrogens (tertiary/aromatic N) is 5. The second kappa shape index (κ2) is 12.0.